The second-order valence-electron chi connectivity index (χ2n) is 3.25. The fraction of sp³-hybridized carbons (Fsp3) is 0.500. The maximum atomic E-state index is 11.8. The van der Waals surface area contributed by atoms with Crippen LogP contribution in [0.5, 0.6) is 0 Å². The lowest BCUT2D eigenvalue weighted by Crippen LogP contribution is -2.22. The van der Waals surface area contributed by atoms with Crippen molar-refractivity contribution < 1.29 is 13.2 Å². The van der Waals surface area contributed by atoms with Crippen LogP contribution >= 0.6 is 11.8 Å². The molecule has 0 radical (unpaired) electrons. The number of thioether (sulfide) groups is 1. The van der Waals surface area contributed by atoms with Crippen LogP contribution in [0.4, 0.5) is 13.2 Å². The Labute approximate surface area is 96.6 Å². The number of hydrogen-bond donors (Lipinski definition) is 1. The highest BCUT2D eigenvalue weighted by Crippen LogP contribution is 2.29. The molecule has 1 aromatic rings. The fourth-order valence-electron chi connectivity index (χ4n) is 1.21. The number of nitrogens with one attached hydrogen (secondary N) is 1. The van der Waals surface area contributed by atoms with Crippen LogP contribution in [-0.4, -0.2) is 22.8 Å². The van der Waals surface area contributed by atoms with Gasteiger partial charge in [0.05, 0.1) is 0 Å². The first kappa shape index (κ1) is 13.3. The first-order valence-corrected chi connectivity index (χ1v) is 5.81. The number of rotatable bonds is 5. The maximum Gasteiger partial charge on any atom is 0.441 e. The van der Waals surface area contributed by atoms with Crippen molar-refractivity contribution in [2.45, 2.75) is 18.5 Å². The van der Waals surface area contributed by atoms with Gasteiger partial charge in [0.15, 0.2) is 0 Å². The quantitative estimate of drug-likeness (QED) is 0.813. The number of halogens is 3. The third kappa shape index (κ3) is 5.37. The van der Waals surface area contributed by atoms with E-state index in [-0.39, 0.29) is 23.6 Å². The van der Waals surface area contributed by atoms with Crippen molar-refractivity contribution in [3.63, 3.8) is 0 Å². The molecule has 0 aliphatic carbocycles. The molecule has 6 heteroatoms. The van der Waals surface area contributed by atoms with Gasteiger partial charge in [-0.2, -0.15) is 13.2 Å². The molecule has 0 saturated carbocycles. The zero-order valence-corrected chi connectivity index (χ0v) is 9.61. The Morgan fingerprint density at radius 3 is 2.56 bits per heavy atom. The number of alkyl halides is 3. The van der Waals surface area contributed by atoms with E-state index in [9.17, 15) is 13.2 Å². The molecule has 0 saturated heterocycles. The number of pyridine rings is 1. The highest BCUT2D eigenvalue weighted by Gasteiger charge is 2.27. The largest absolute Gasteiger partial charge is 0.441 e. The standard InChI is InChI=1S/C10H13F3N2S/c1-8(9-2-4-14-5-3-9)15-6-7-16-10(11,12)13/h2-5,8,15H,6-7H2,1H3/t8-/m1/s1. The topological polar surface area (TPSA) is 24.9 Å². The molecule has 90 valence electrons. The van der Waals surface area contributed by atoms with Crippen LogP contribution in [0.25, 0.3) is 0 Å². The SMILES string of the molecule is C[C@@H](NCCSC(F)(F)F)c1ccncc1. The molecule has 0 bridgehead atoms. The van der Waals surface area contributed by atoms with Crippen LogP contribution < -0.4 is 5.32 Å². The second-order valence-corrected chi connectivity index (χ2v) is 4.41. The minimum Gasteiger partial charge on any atom is -0.309 e. The highest BCUT2D eigenvalue weighted by atomic mass is 32.2. The van der Waals surface area contributed by atoms with E-state index in [1.807, 2.05) is 19.1 Å². The van der Waals surface area contributed by atoms with E-state index in [0.717, 1.165) is 5.56 Å². The molecule has 0 aliphatic heterocycles. The molecule has 0 spiro atoms. The van der Waals surface area contributed by atoms with Crippen LogP contribution in [0.1, 0.15) is 18.5 Å². The van der Waals surface area contributed by atoms with E-state index in [1.54, 1.807) is 12.4 Å². The van der Waals surface area contributed by atoms with Gasteiger partial charge < -0.3 is 5.32 Å². The average molecular weight is 250 g/mol. The minimum absolute atomic E-state index is 0.00410. The number of nitrogens with zero attached hydrogens (tertiary/aromatic N) is 1. The predicted octanol–water partition coefficient (Wildman–Crippen LogP) is 2.99. The molecule has 2 nitrogen and oxygen atoms in total. The lowest BCUT2D eigenvalue weighted by Gasteiger charge is -2.14. The molecule has 1 atom stereocenters. The van der Waals surface area contributed by atoms with E-state index in [2.05, 4.69) is 10.3 Å². The number of aromatic nitrogens is 1. The smallest absolute Gasteiger partial charge is 0.309 e. The average Bonchev–Trinajstić information content (AvgIpc) is 2.24. The van der Waals surface area contributed by atoms with Crippen LogP contribution in [0.3, 0.4) is 0 Å². The van der Waals surface area contributed by atoms with E-state index >= 15 is 0 Å². The molecular formula is C10H13F3N2S. The fourth-order valence-corrected chi connectivity index (χ4v) is 1.66. The van der Waals surface area contributed by atoms with Gasteiger partial charge in [-0.25, -0.2) is 0 Å². The summed E-state index contributed by atoms with van der Waals surface area (Å²) in [5, 5.41) is 3.02. The van der Waals surface area contributed by atoms with Crippen molar-refractivity contribution in [1.29, 1.82) is 0 Å². The van der Waals surface area contributed by atoms with E-state index in [1.165, 1.54) is 0 Å². The Balaban J connectivity index is 2.24. The Morgan fingerprint density at radius 2 is 2.00 bits per heavy atom. The zero-order valence-electron chi connectivity index (χ0n) is 8.79. The summed E-state index contributed by atoms with van der Waals surface area (Å²) < 4.78 is 35.5. The van der Waals surface area contributed by atoms with Crippen LogP contribution in [0.15, 0.2) is 24.5 Å². The summed E-state index contributed by atoms with van der Waals surface area (Å²) in [4.78, 5) is 3.88. The third-order valence-corrected chi connectivity index (χ3v) is 2.76. The molecule has 0 aromatic carbocycles. The first-order chi connectivity index (χ1) is 7.49. The first-order valence-electron chi connectivity index (χ1n) is 4.83. The van der Waals surface area contributed by atoms with Crippen LogP contribution in [0, 0.1) is 0 Å². The summed E-state index contributed by atoms with van der Waals surface area (Å²) in [7, 11) is 0. The summed E-state index contributed by atoms with van der Waals surface area (Å²) in [5.74, 6) is 0.0267. The van der Waals surface area contributed by atoms with Crippen molar-refractivity contribution in [2.75, 3.05) is 12.3 Å². The van der Waals surface area contributed by atoms with Gasteiger partial charge in [0.1, 0.15) is 0 Å². The molecular weight excluding hydrogens is 237 g/mol. The molecule has 0 unspecified atom stereocenters. The van der Waals surface area contributed by atoms with Gasteiger partial charge >= 0.3 is 5.51 Å². The monoisotopic (exact) mass is 250 g/mol. The Hall–Kier alpha value is -0.750. The van der Waals surface area contributed by atoms with Gasteiger partial charge in [-0.15, -0.1) is 0 Å². The lowest BCUT2D eigenvalue weighted by atomic mass is 10.1. The summed E-state index contributed by atoms with van der Waals surface area (Å²) in [6, 6.07) is 3.72. The van der Waals surface area contributed by atoms with Crippen molar-refractivity contribution >= 4 is 11.8 Å². The summed E-state index contributed by atoms with van der Waals surface area (Å²) >= 11 is -0.00410. The van der Waals surface area contributed by atoms with Crippen LogP contribution in [0.2, 0.25) is 0 Å². The third-order valence-electron chi connectivity index (χ3n) is 2.02. The molecule has 1 heterocycles. The second kappa shape index (κ2) is 6.10. The van der Waals surface area contributed by atoms with Crippen molar-refractivity contribution in [2.24, 2.45) is 0 Å². The molecule has 0 fully saturated rings. The van der Waals surface area contributed by atoms with E-state index < -0.39 is 5.51 Å². The summed E-state index contributed by atoms with van der Waals surface area (Å²) in [6.07, 6.45) is 3.33. The van der Waals surface area contributed by atoms with Gasteiger partial charge in [0, 0.05) is 30.7 Å². The van der Waals surface area contributed by atoms with Crippen molar-refractivity contribution in [3.8, 4) is 0 Å². The van der Waals surface area contributed by atoms with Crippen molar-refractivity contribution in [3.05, 3.63) is 30.1 Å². The van der Waals surface area contributed by atoms with Crippen molar-refractivity contribution in [1.82, 2.24) is 10.3 Å². The van der Waals surface area contributed by atoms with E-state index in [4.69, 9.17) is 0 Å². The van der Waals surface area contributed by atoms with E-state index in [0.29, 0.717) is 6.54 Å². The zero-order chi connectivity index (χ0) is 12.0. The molecule has 1 N–H and O–H groups in total. The van der Waals surface area contributed by atoms with Gasteiger partial charge in [-0.05, 0) is 36.4 Å². The Kier molecular flexibility index (Phi) is 5.08. The molecule has 1 aromatic heterocycles. The number of hydrogen-bond acceptors (Lipinski definition) is 3. The predicted molar refractivity (Wildman–Crippen MR) is 59.2 cm³/mol. The van der Waals surface area contributed by atoms with Crippen LogP contribution in [-0.2, 0) is 0 Å². The van der Waals surface area contributed by atoms with Gasteiger partial charge in [0.2, 0.25) is 0 Å². The maximum absolute atomic E-state index is 11.8. The molecule has 16 heavy (non-hydrogen) atoms. The molecule has 1 rings (SSSR count). The molecule has 0 amide bonds. The van der Waals surface area contributed by atoms with Gasteiger partial charge in [-0.3, -0.25) is 4.98 Å². The minimum atomic E-state index is -4.14. The Bertz CT molecular complexity index is 303. The van der Waals surface area contributed by atoms with Gasteiger partial charge in [-0.1, -0.05) is 0 Å². The summed E-state index contributed by atoms with van der Waals surface area (Å²) in [5.41, 5.74) is -3.12. The molecule has 0 aliphatic rings. The normalized spacial score (nSPS) is 13.8. The highest BCUT2D eigenvalue weighted by molar-refractivity contribution is 8.00. The van der Waals surface area contributed by atoms with Gasteiger partial charge in [0.25, 0.3) is 0 Å². The lowest BCUT2D eigenvalue weighted by molar-refractivity contribution is -0.0327. The summed E-state index contributed by atoms with van der Waals surface area (Å²) in [6.45, 7) is 2.24. The Morgan fingerprint density at radius 1 is 1.38 bits per heavy atom.